The maximum absolute atomic E-state index is 11.9. The van der Waals surface area contributed by atoms with Gasteiger partial charge in [-0.15, -0.1) is 11.3 Å². The molecule has 0 radical (unpaired) electrons. The number of para-hydroxylation sites is 1. The van der Waals surface area contributed by atoms with E-state index in [1.807, 2.05) is 12.3 Å². The first-order chi connectivity index (χ1) is 11.8. The Balaban J connectivity index is 1.50. The maximum atomic E-state index is 11.9. The van der Waals surface area contributed by atoms with Crippen LogP contribution in [0.5, 0.6) is 0 Å². The summed E-state index contributed by atoms with van der Waals surface area (Å²) in [6.45, 7) is 7.67. The molecule has 1 N–H and O–H groups in total. The number of carbonyl (C=O) groups excluding carboxylic acids is 1. The first-order valence-electron chi connectivity index (χ1n) is 8.51. The van der Waals surface area contributed by atoms with E-state index in [-0.39, 0.29) is 5.91 Å². The molecule has 1 fully saturated rings. The molecule has 0 aliphatic carbocycles. The lowest BCUT2D eigenvalue weighted by atomic mass is 10.2. The summed E-state index contributed by atoms with van der Waals surface area (Å²) in [5.74, 6) is -0.0618. The molecule has 0 saturated carbocycles. The second-order valence-electron chi connectivity index (χ2n) is 5.98. The van der Waals surface area contributed by atoms with Crippen molar-refractivity contribution in [1.82, 2.24) is 15.2 Å². The molecule has 1 aromatic heterocycles. The van der Waals surface area contributed by atoms with E-state index in [4.69, 9.17) is 0 Å². The topological polar surface area (TPSA) is 48.5 Å². The second kappa shape index (κ2) is 8.26. The number of amides is 1. The molecule has 1 saturated heterocycles. The Morgan fingerprint density at radius 1 is 1.21 bits per heavy atom. The summed E-state index contributed by atoms with van der Waals surface area (Å²) in [5.41, 5.74) is 1.84. The molecule has 0 bridgehead atoms. The van der Waals surface area contributed by atoms with E-state index in [0.29, 0.717) is 12.2 Å². The van der Waals surface area contributed by atoms with Crippen molar-refractivity contribution in [3.63, 3.8) is 0 Å². The van der Waals surface area contributed by atoms with Crippen molar-refractivity contribution in [2.45, 2.75) is 19.9 Å². The average molecular weight is 344 g/mol. The third-order valence-corrected chi connectivity index (χ3v) is 5.01. The number of piperazine rings is 1. The highest BCUT2D eigenvalue weighted by molar-refractivity contribution is 7.09. The normalized spacial score (nSPS) is 15.5. The van der Waals surface area contributed by atoms with E-state index in [2.05, 4.69) is 50.4 Å². The van der Waals surface area contributed by atoms with Crippen LogP contribution < -0.4 is 10.2 Å². The molecule has 1 aliphatic heterocycles. The zero-order chi connectivity index (χ0) is 16.8. The summed E-state index contributed by atoms with van der Waals surface area (Å²) in [6, 6.07) is 10.6. The lowest BCUT2D eigenvalue weighted by Gasteiger charge is -2.35. The van der Waals surface area contributed by atoms with Gasteiger partial charge in [-0.2, -0.15) is 0 Å². The highest BCUT2D eigenvalue weighted by atomic mass is 32.1. The fraction of sp³-hybridized carbons (Fsp3) is 0.444. The molecular formula is C18H24N4OS. The summed E-state index contributed by atoms with van der Waals surface area (Å²) >= 11 is 1.57. The Morgan fingerprint density at radius 2 is 1.96 bits per heavy atom. The van der Waals surface area contributed by atoms with Gasteiger partial charge in [0.05, 0.1) is 6.54 Å². The first-order valence-corrected chi connectivity index (χ1v) is 9.39. The van der Waals surface area contributed by atoms with Crippen LogP contribution in [0.4, 0.5) is 5.69 Å². The first kappa shape index (κ1) is 16.9. The molecule has 6 heteroatoms. The highest BCUT2D eigenvalue weighted by Crippen LogP contribution is 2.18. The minimum absolute atomic E-state index is 0.0618. The zero-order valence-corrected chi connectivity index (χ0v) is 14.9. The molecule has 0 unspecified atom stereocenters. The van der Waals surface area contributed by atoms with Crippen molar-refractivity contribution in [2.75, 3.05) is 37.6 Å². The van der Waals surface area contributed by atoms with Crippen LogP contribution in [-0.4, -0.2) is 48.5 Å². The van der Waals surface area contributed by atoms with Gasteiger partial charge in [0.25, 0.3) is 5.91 Å². The average Bonchev–Trinajstić information content (AvgIpc) is 3.10. The standard InChI is InChI=1S/C18H24N4OS/c1-2-8-19-18(23)16-14-24-17(20-16)13-21-9-11-22(12-10-21)15-6-4-3-5-7-15/h3-7,14H,2,8-13H2,1H3,(H,19,23). The maximum Gasteiger partial charge on any atom is 0.270 e. The SMILES string of the molecule is CCCNC(=O)c1csc(CN2CCN(c3ccccc3)CC2)n1. The Bertz CT molecular complexity index is 650. The molecule has 1 aliphatic rings. The molecule has 128 valence electrons. The smallest absolute Gasteiger partial charge is 0.270 e. The van der Waals surface area contributed by atoms with Gasteiger partial charge in [0.1, 0.15) is 10.7 Å². The molecule has 2 heterocycles. The monoisotopic (exact) mass is 344 g/mol. The predicted molar refractivity (Wildman–Crippen MR) is 98.7 cm³/mol. The van der Waals surface area contributed by atoms with Gasteiger partial charge >= 0.3 is 0 Å². The van der Waals surface area contributed by atoms with E-state index in [0.717, 1.165) is 44.2 Å². The Morgan fingerprint density at radius 3 is 2.67 bits per heavy atom. The van der Waals surface area contributed by atoms with Crippen LogP contribution in [0, 0.1) is 0 Å². The molecule has 24 heavy (non-hydrogen) atoms. The minimum Gasteiger partial charge on any atom is -0.369 e. The second-order valence-corrected chi connectivity index (χ2v) is 6.92. The van der Waals surface area contributed by atoms with E-state index in [1.165, 1.54) is 5.69 Å². The molecular weight excluding hydrogens is 320 g/mol. The van der Waals surface area contributed by atoms with E-state index in [9.17, 15) is 4.79 Å². The van der Waals surface area contributed by atoms with Crippen LogP contribution in [0.1, 0.15) is 28.8 Å². The van der Waals surface area contributed by atoms with Crippen molar-refractivity contribution < 1.29 is 4.79 Å². The number of aromatic nitrogens is 1. The summed E-state index contributed by atoms with van der Waals surface area (Å²) in [6.07, 6.45) is 0.939. The summed E-state index contributed by atoms with van der Waals surface area (Å²) < 4.78 is 0. The van der Waals surface area contributed by atoms with Crippen LogP contribution in [0.2, 0.25) is 0 Å². The van der Waals surface area contributed by atoms with E-state index in [1.54, 1.807) is 11.3 Å². The molecule has 1 aromatic carbocycles. The van der Waals surface area contributed by atoms with Crippen LogP contribution in [-0.2, 0) is 6.54 Å². The lowest BCUT2D eigenvalue weighted by molar-refractivity contribution is 0.0949. The lowest BCUT2D eigenvalue weighted by Crippen LogP contribution is -2.45. The van der Waals surface area contributed by atoms with Gasteiger partial charge in [0.2, 0.25) is 0 Å². The Hall–Kier alpha value is -1.92. The molecule has 1 amide bonds. The van der Waals surface area contributed by atoms with Gasteiger partial charge in [-0.25, -0.2) is 4.98 Å². The molecule has 5 nitrogen and oxygen atoms in total. The molecule has 0 atom stereocenters. The molecule has 2 aromatic rings. The summed E-state index contributed by atoms with van der Waals surface area (Å²) in [5, 5.41) is 5.75. The predicted octanol–water partition coefficient (Wildman–Crippen LogP) is 2.61. The quantitative estimate of drug-likeness (QED) is 0.875. The number of thiazole rings is 1. The number of rotatable bonds is 6. The fourth-order valence-corrected chi connectivity index (χ4v) is 3.63. The Labute approximate surface area is 147 Å². The van der Waals surface area contributed by atoms with E-state index < -0.39 is 0 Å². The van der Waals surface area contributed by atoms with Crippen molar-refractivity contribution in [1.29, 1.82) is 0 Å². The van der Waals surface area contributed by atoms with Gasteiger partial charge in [0.15, 0.2) is 0 Å². The van der Waals surface area contributed by atoms with Crippen LogP contribution in [0.3, 0.4) is 0 Å². The number of hydrogen-bond acceptors (Lipinski definition) is 5. The number of benzene rings is 1. The van der Waals surface area contributed by atoms with Gasteiger partial charge < -0.3 is 10.2 Å². The van der Waals surface area contributed by atoms with Crippen LogP contribution in [0.25, 0.3) is 0 Å². The zero-order valence-electron chi connectivity index (χ0n) is 14.1. The fourth-order valence-electron chi connectivity index (χ4n) is 2.81. The number of anilines is 1. The molecule has 3 rings (SSSR count). The van der Waals surface area contributed by atoms with Crippen molar-refractivity contribution in [3.05, 3.63) is 46.4 Å². The van der Waals surface area contributed by atoms with Crippen LogP contribution in [0.15, 0.2) is 35.7 Å². The third-order valence-electron chi connectivity index (χ3n) is 4.17. The number of nitrogens with zero attached hydrogens (tertiary/aromatic N) is 3. The van der Waals surface area contributed by atoms with Crippen LogP contribution >= 0.6 is 11.3 Å². The van der Waals surface area contributed by atoms with Crippen molar-refractivity contribution in [2.24, 2.45) is 0 Å². The summed E-state index contributed by atoms with van der Waals surface area (Å²) in [7, 11) is 0. The number of hydrogen-bond donors (Lipinski definition) is 1. The van der Waals surface area contributed by atoms with Gasteiger partial charge in [0, 0.05) is 43.8 Å². The highest BCUT2D eigenvalue weighted by Gasteiger charge is 2.19. The van der Waals surface area contributed by atoms with Gasteiger partial charge in [-0.1, -0.05) is 25.1 Å². The largest absolute Gasteiger partial charge is 0.369 e. The molecule has 0 spiro atoms. The van der Waals surface area contributed by atoms with Gasteiger partial charge in [-0.05, 0) is 18.6 Å². The number of nitrogens with one attached hydrogen (secondary N) is 1. The third kappa shape index (κ3) is 4.33. The van der Waals surface area contributed by atoms with Crippen molar-refractivity contribution in [3.8, 4) is 0 Å². The van der Waals surface area contributed by atoms with E-state index >= 15 is 0 Å². The van der Waals surface area contributed by atoms with Gasteiger partial charge in [-0.3, -0.25) is 9.69 Å². The Kier molecular flexibility index (Phi) is 5.82. The number of carbonyl (C=O) groups is 1. The minimum atomic E-state index is -0.0618. The summed E-state index contributed by atoms with van der Waals surface area (Å²) in [4.78, 5) is 21.2. The van der Waals surface area contributed by atoms with Crippen molar-refractivity contribution >= 4 is 22.9 Å².